The molecule has 2 N–H and O–H groups in total. The molecule has 2 rings (SSSR count). The van der Waals surface area contributed by atoms with Gasteiger partial charge in [0.1, 0.15) is 11.9 Å². The molecule has 1 aliphatic rings. The lowest BCUT2D eigenvalue weighted by molar-refractivity contribution is -0.137. The highest BCUT2D eigenvalue weighted by molar-refractivity contribution is 5.79. The van der Waals surface area contributed by atoms with Crippen LogP contribution in [0.5, 0.6) is 0 Å². The summed E-state index contributed by atoms with van der Waals surface area (Å²) in [6.45, 7) is 1.02. The summed E-state index contributed by atoms with van der Waals surface area (Å²) < 4.78 is 58.3. The van der Waals surface area contributed by atoms with E-state index in [0.717, 1.165) is 12.3 Å². The van der Waals surface area contributed by atoms with E-state index >= 15 is 0 Å². The normalized spacial score (nSPS) is 17.7. The van der Waals surface area contributed by atoms with Crippen LogP contribution in [0, 0.1) is 5.82 Å². The first-order valence-corrected chi connectivity index (χ1v) is 6.25. The predicted molar refractivity (Wildman–Crippen MR) is 69.1 cm³/mol. The summed E-state index contributed by atoms with van der Waals surface area (Å²) in [6, 6.07) is 1.88. The molecule has 128 valence electrons. The first-order chi connectivity index (χ1) is 10.7. The molecule has 1 atom stereocenters. The van der Waals surface area contributed by atoms with Gasteiger partial charge in [-0.05, 0) is 23.8 Å². The van der Waals surface area contributed by atoms with Gasteiger partial charge in [-0.15, -0.1) is 0 Å². The van der Waals surface area contributed by atoms with Crippen LogP contribution in [0.15, 0.2) is 23.4 Å². The number of hydrogen-bond donors (Lipinski definition) is 2. The lowest BCUT2D eigenvalue weighted by Crippen LogP contribution is -2.15. The molecule has 23 heavy (non-hydrogen) atoms. The van der Waals surface area contributed by atoms with Crippen molar-refractivity contribution in [2.45, 2.75) is 18.7 Å². The average Bonchev–Trinajstić information content (AvgIpc) is 2.90. The topological polar surface area (TPSA) is 88.4 Å². The van der Waals surface area contributed by atoms with Gasteiger partial charge in [0.2, 0.25) is 0 Å². The molecule has 0 aromatic heterocycles. The first kappa shape index (κ1) is 18.7. The highest BCUT2D eigenvalue weighted by Gasteiger charge is 2.31. The van der Waals surface area contributed by atoms with E-state index in [2.05, 4.69) is 9.89 Å². The summed E-state index contributed by atoms with van der Waals surface area (Å²) in [5.74, 6) is -1.03. The van der Waals surface area contributed by atoms with Gasteiger partial charge in [0.25, 0.3) is 0 Å². The third-order valence-corrected chi connectivity index (χ3v) is 2.61. The minimum Gasteiger partial charge on any atom is -0.450 e. The van der Waals surface area contributed by atoms with Crippen LogP contribution in [0.4, 0.5) is 22.4 Å². The Morgan fingerprint density at radius 2 is 2.09 bits per heavy atom. The number of alkyl halides is 3. The smallest absolute Gasteiger partial charge is 0.450 e. The number of nitrogens with zero attached hydrogens (tertiary/aromatic N) is 1. The number of carbonyl (C=O) groups is 1. The van der Waals surface area contributed by atoms with Crippen molar-refractivity contribution in [2.75, 3.05) is 13.2 Å². The van der Waals surface area contributed by atoms with Gasteiger partial charge in [0.15, 0.2) is 0 Å². The minimum absolute atomic E-state index is 0.153. The van der Waals surface area contributed by atoms with Crippen LogP contribution in [0.1, 0.15) is 17.5 Å². The number of hydrogen-bond acceptors (Lipinski definition) is 5. The summed E-state index contributed by atoms with van der Waals surface area (Å²) in [6.07, 6.45) is -4.65. The van der Waals surface area contributed by atoms with Gasteiger partial charge in [-0.25, -0.2) is 9.18 Å². The van der Waals surface area contributed by atoms with Crippen LogP contribution in [-0.2, 0) is 15.7 Å². The van der Waals surface area contributed by atoms with E-state index in [1.165, 1.54) is 0 Å². The van der Waals surface area contributed by atoms with E-state index in [0.29, 0.717) is 31.8 Å². The Bertz CT molecular complexity index is 556. The zero-order chi connectivity index (χ0) is 17.5. The van der Waals surface area contributed by atoms with Crippen LogP contribution in [-0.4, -0.2) is 42.0 Å². The Balaban J connectivity index is 0.000000253. The molecule has 0 unspecified atom stereocenters. The molecule has 1 fully saturated rings. The van der Waals surface area contributed by atoms with Gasteiger partial charge in [0, 0.05) is 6.42 Å². The Kier molecular flexibility index (Phi) is 6.76. The number of rotatable bonds is 2. The van der Waals surface area contributed by atoms with Crippen LogP contribution >= 0.6 is 0 Å². The average molecular weight is 339 g/mol. The fraction of sp³-hybridized carbons (Fsp3) is 0.385. The number of halogens is 4. The SMILES string of the molecule is O=C(O)O[C@H]1CCOC1.ON=Cc1cc(F)cc(C(F)(F)F)c1. The Morgan fingerprint density at radius 3 is 2.57 bits per heavy atom. The van der Waals surface area contributed by atoms with Gasteiger partial charge < -0.3 is 19.8 Å². The van der Waals surface area contributed by atoms with Crippen molar-refractivity contribution < 1.29 is 42.1 Å². The lowest BCUT2D eigenvalue weighted by atomic mass is 10.1. The summed E-state index contributed by atoms with van der Waals surface area (Å²) in [5.41, 5.74) is -1.27. The van der Waals surface area contributed by atoms with Crippen LogP contribution in [0.2, 0.25) is 0 Å². The first-order valence-electron chi connectivity index (χ1n) is 6.25. The van der Waals surface area contributed by atoms with Crippen LogP contribution in [0.25, 0.3) is 0 Å². The van der Waals surface area contributed by atoms with Crippen molar-refractivity contribution in [2.24, 2.45) is 5.16 Å². The minimum atomic E-state index is -4.61. The quantitative estimate of drug-likeness (QED) is 0.284. The van der Waals surface area contributed by atoms with Crippen molar-refractivity contribution in [1.29, 1.82) is 0 Å². The molecule has 0 aliphatic carbocycles. The van der Waals surface area contributed by atoms with Gasteiger partial charge in [0.05, 0.1) is 25.0 Å². The lowest BCUT2D eigenvalue weighted by Gasteiger charge is -2.06. The predicted octanol–water partition coefficient (Wildman–Crippen LogP) is 3.12. The van der Waals surface area contributed by atoms with Crippen LogP contribution < -0.4 is 0 Å². The fourth-order valence-electron chi connectivity index (χ4n) is 1.67. The molecule has 1 aromatic rings. The Labute approximate surface area is 127 Å². The maximum Gasteiger partial charge on any atom is 0.506 e. The van der Waals surface area contributed by atoms with E-state index in [1.807, 2.05) is 0 Å². The zero-order valence-electron chi connectivity index (χ0n) is 11.6. The van der Waals surface area contributed by atoms with E-state index in [-0.39, 0.29) is 11.7 Å². The van der Waals surface area contributed by atoms with Gasteiger partial charge in [-0.2, -0.15) is 13.2 Å². The Morgan fingerprint density at radius 1 is 1.39 bits per heavy atom. The van der Waals surface area contributed by atoms with E-state index in [9.17, 15) is 22.4 Å². The van der Waals surface area contributed by atoms with Crippen LogP contribution in [0.3, 0.4) is 0 Å². The number of ether oxygens (including phenoxy) is 2. The van der Waals surface area contributed by atoms with Crippen molar-refractivity contribution in [3.63, 3.8) is 0 Å². The van der Waals surface area contributed by atoms with Crippen molar-refractivity contribution in [3.8, 4) is 0 Å². The fourth-order valence-corrected chi connectivity index (χ4v) is 1.67. The molecule has 1 heterocycles. The molecule has 0 bridgehead atoms. The van der Waals surface area contributed by atoms with Crippen molar-refractivity contribution in [1.82, 2.24) is 0 Å². The number of benzene rings is 1. The maximum absolute atomic E-state index is 12.6. The summed E-state index contributed by atoms with van der Waals surface area (Å²) in [5, 5.41) is 18.7. The maximum atomic E-state index is 12.6. The number of oxime groups is 1. The highest BCUT2D eigenvalue weighted by Crippen LogP contribution is 2.30. The summed E-state index contributed by atoms with van der Waals surface area (Å²) in [4.78, 5) is 9.88. The molecule has 1 aliphatic heterocycles. The second-order valence-corrected chi connectivity index (χ2v) is 4.38. The third kappa shape index (κ3) is 6.96. The van der Waals surface area contributed by atoms with Gasteiger partial charge in [-0.1, -0.05) is 5.16 Å². The molecule has 0 saturated carbocycles. The van der Waals surface area contributed by atoms with Gasteiger partial charge >= 0.3 is 12.3 Å². The molecule has 0 amide bonds. The molecular weight excluding hydrogens is 326 g/mol. The van der Waals surface area contributed by atoms with E-state index in [4.69, 9.17) is 15.1 Å². The third-order valence-electron chi connectivity index (χ3n) is 2.61. The standard InChI is InChI=1S/C8H5F4NO.C5H8O4/c9-7-2-5(4-13-14)1-6(3-7)8(10,11)12;6-5(7)9-4-1-2-8-3-4/h1-4,14H;4H,1-3H2,(H,6,7)/t;4-/m.0/s1. The molecule has 0 radical (unpaired) electrons. The second-order valence-electron chi connectivity index (χ2n) is 4.38. The summed E-state index contributed by atoms with van der Waals surface area (Å²) in [7, 11) is 0. The largest absolute Gasteiger partial charge is 0.506 e. The van der Waals surface area contributed by atoms with Gasteiger partial charge in [-0.3, -0.25) is 0 Å². The molecule has 1 aromatic carbocycles. The molecule has 0 spiro atoms. The Hall–Kier alpha value is -2.36. The zero-order valence-corrected chi connectivity index (χ0v) is 11.6. The van der Waals surface area contributed by atoms with E-state index < -0.39 is 23.7 Å². The summed E-state index contributed by atoms with van der Waals surface area (Å²) >= 11 is 0. The van der Waals surface area contributed by atoms with Crippen molar-refractivity contribution in [3.05, 3.63) is 35.1 Å². The molecular formula is C13H13F4NO5. The highest BCUT2D eigenvalue weighted by atomic mass is 19.4. The van der Waals surface area contributed by atoms with E-state index in [1.54, 1.807) is 0 Å². The molecule has 10 heteroatoms. The van der Waals surface area contributed by atoms with Crippen molar-refractivity contribution >= 4 is 12.4 Å². The monoisotopic (exact) mass is 339 g/mol. The second kappa shape index (κ2) is 8.32. The molecule has 1 saturated heterocycles. The molecule has 6 nitrogen and oxygen atoms in total. The number of carboxylic acid groups (broad SMARTS) is 1.